The van der Waals surface area contributed by atoms with Gasteiger partial charge >= 0.3 is 0 Å². The van der Waals surface area contributed by atoms with Gasteiger partial charge in [0.2, 0.25) is 0 Å². The van der Waals surface area contributed by atoms with Crippen LogP contribution >= 0.6 is 12.2 Å². The number of anilines is 1. The molecule has 0 unspecified atom stereocenters. The van der Waals surface area contributed by atoms with E-state index in [0.29, 0.717) is 24.7 Å². The van der Waals surface area contributed by atoms with Crippen LogP contribution in [0.5, 0.6) is 11.5 Å². The second-order valence-corrected chi connectivity index (χ2v) is 8.51. The molecule has 1 amide bonds. The number of thiocarbonyl (C=S) groups is 1. The molecule has 33 heavy (non-hydrogen) atoms. The van der Waals surface area contributed by atoms with E-state index in [1.807, 2.05) is 42.5 Å². The molecule has 3 rings (SSSR count). The minimum absolute atomic E-state index is 0.233. The maximum absolute atomic E-state index is 12.4. The van der Waals surface area contributed by atoms with Gasteiger partial charge in [-0.15, -0.1) is 0 Å². The lowest BCUT2D eigenvalue weighted by atomic mass is 10.1. The molecule has 5 nitrogen and oxygen atoms in total. The Kier molecular flexibility index (Phi) is 9.27. The Labute approximate surface area is 201 Å². The third-order valence-corrected chi connectivity index (χ3v) is 4.96. The van der Waals surface area contributed by atoms with Crippen molar-refractivity contribution in [3.63, 3.8) is 0 Å². The van der Waals surface area contributed by atoms with Gasteiger partial charge in [-0.05, 0) is 85.1 Å². The molecule has 0 aliphatic carbocycles. The summed E-state index contributed by atoms with van der Waals surface area (Å²) in [4.78, 5) is 12.4. The fraction of sp³-hybridized carbons (Fsp3) is 0.259. The normalized spacial score (nSPS) is 10.5. The summed E-state index contributed by atoms with van der Waals surface area (Å²) in [5.41, 5.74) is 2.59. The molecule has 3 aromatic rings. The minimum Gasteiger partial charge on any atom is -0.494 e. The third-order valence-electron chi connectivity index (χ3n) is 4.76. The lowest BCUT2D eigenvalue weighted by Crippen LogP contribution is -2.34. The van der Waals surface area contributed by atoms with E-state index in [-0.39, 0.29) is 11.0 Å². The summed E-state index contributed by atoms with van der Waals surface area (Å²) in [6.07, 6.45) is 1.94. The van der Waals surface area contributed by atoms with Gasteiger partial charge in [-0.25, -0.2) is 0 Å². The Hall–Kier alpha value is -3.38. The summed E-state index contributed by atoms with van der Waals surface area (Å²) in [5.74, 6) is 1.70. The summed E-state index contributed by atoms with van der Waals surface area (Å²) < 4.78 is 11.5. The summed E-state index contributed by atoms with van der Waals surface area (Å²) in [7, 11) is 0. The molecule has 0 radical (unpaired) electrons. The van der Waals surface area contributed by atoms with E-state index in [9.17, 15) is 4.79 Å². The highest BCUT2D eigenvalue weighted by molar-refractivity contribution is 7.80. The van der Waals surface area contributed by atoms with Crippen molar-refractivity contribution in [1.29, 1.82) is 0 Å². The van der Waals surface area contributed by atoms with Crippen molar-refractivity contribution in [1.82, 2.24) is 5.32 Å². The van der Waals surface area contributed by atoms with Crippen LogP contribution < -0.4 is 20.1 Å². The van der Waals surface area contributed by atoms with Crippen LogP contribution in [0.4, 0.5) is 5.69 Å². The second-order valence-electron chi connectivity index (χ2n) is 8.10. The van der Waals surface area contributed by atoms with Crippen molar-refractivity contribution < 1.29 is 14.3 Å². The van der Waals surface area contributed by atoms with E-state index in [2.05, 4.69) is 36.6 Å². The van der Waals surface area contributed by atoms with Gasteiger partial charge in [0, 0.05) is 11.3 Å². The average molecular weight is 463 g/mol. The number of aryl methyl sites for hydroxylation is 1. The quantitative estimate of drug-likeness (QED) is 0.292. The van der Waals surface area contributed by atoms with Crippen molar-refractivity contribution in [2.45, 2.75) is 26.7 Å². The van der Waals surface area contributed by atoms with Crippen molar-refractivity contribution in [3.05, 3.63) is 90.0 Å². The first kappa shape index (κ1) is 24.3. The largest absolute Gasteiger partial charge is 0.494 e. The Morgan fingerprint density at radius 3 is 2.18 bits per heavy atom. The number of hydrogen-bond acceptors (Lipinski definition) is 4. The summed E-state index contributed by atoms with van der Waals surface area (Å²) in [5, 5.41) is 5.95. The van der Waals surface area contributed by atoms with Crippen LogP contribution in [0.15, 0.2) is 78.9 Å². The molecule has 0 bridgehead atoms. The maximum Gasteiger partial charge on any atom is 0.257 e. The SMILES string of the molecule is CC(C)COc1ccc(C(=O)NC(=S)Nc2ccc(OCCCc3ccccc3)cc2)cc1. The van der Waals surface area contributed by atoms with Crippen LogP contribution in [0.1, 0.15) is 36.2 Å². The van der Waals surface area contributed by atoms with Crippen LogP contribution in [0.2, 0.25) is 0 Å². The van der Waals surface area contributed by atoms with Crippen LogP contribution in [0.25, 0.3) is 0 Å². The standard InChI is InChI=1S/C27H30N2O3S/c1-20(2)19-32-25-14-10-22(11-15-25)26(30)29-27(33)28-23-12-16-24(17-13-23)31-18-6-9-21-7-4-3-5-8-21/h3-5,7-8,10-17,20H,6,9,18-19H2,1-2H3,(H2,28,29,30,33). The van der Waals surface area contributed by atoms with Gasteiger partial charge in [0.25, 0.3) is 5.91 Å². The van der Waals surface area contributed by atoms with Gasteiger partial charge in [0.15, 0.2) is 5.11 Å². The molecule has 172 valence electrons. The maximum atomic E-state index is 12.4. The van der Waals surface area contributed by atoms with Crippen molar-refractivity contribution >= 4 is 28.9 Å². The fourth-order valence-electron chi connectivity index (χ4n) is 3.05. The van der Waals surface area contributed by atoms with Crippen LogP contribution in [-0.4, -0.2) is 24.2 Å². The third kappa shape index (κ3) is 8.58. The predicted molar refractivity (Wildman–Crippen MR) is 137 cm³/mol. The van der Waals surface area contributed by atoms with E-state index in [0.717, 1.165) is 30.0 Å². The van der Waals surface area contributed by atoms with Crippen LogP contribution in [0, 0.1) is 5.92 Å². The van der Waals surface area contributed by atoms with Crippen molar-refractivity contribution in [2.24, 2.45) is 5.92 Å². The molecule has 0 aromatic heterocycles. The van der Waals surface area contributed by atoms with Crippen molar-refractivity contribution in [3.8, 4) is 11.5 Å². The zero-order valence-electron chi connectivity index (χ0n) is 19.0. The van der Waals surface area contributed by atoms with Crippen LogP contribution in [0.3, 0.4) is 0 Å². The van der Waals surface area contributed by atoms with Gasteiger partial charge in [-0.2, -0.15) is 0 Å². The van der Waals surface area contributed by atoms with E-state index >= 15 is 0 Å². The number of ether oxygens (including phenoxy) is 2. The first-order chi connectivity index (χ1) is 16.0. The summed E-state index contributed by atoms with van der Waals surface area (Å²) in [6.45, 7) is 5.46. The van der Waals surface area contributed by atoms with Gasteiger partial charge in [0.05, 0.1) is 13.2 Å². The number of rotatable bonds is 10. The fourth-order valence-corrected chi connectivity index (χ4v) is 3.26. The molecule has 0 aliphatic heterocycles. The zero-order chi connectivity index (χ0) is 23.5. The number of carbonyl (C=O) groups is 1. The van der Waals surface area contributed by atoms with Crippen LogP contribution in [-0.2, 0) is 6.42 Å². The lowest BCUT2D eigenvalue weighted by Gasteiger charge is -2.12. The molecule has 0 aliphatic rings. The molecular formula is C27H30N2O3S. The smallest absolute Gasteiger partial charge is 0.257 e. The van der Waals surface area contributed by atoms with E-state index < -0.39 is 0 Å². The lowest BCUT2D eigenvalue weighted by molar-refractivity contribution is 0.0977. The highest BCUT2D eigenvalue weighted by atomic mass is 32.1. The summed E-state index contributed by atoms with van der Waals surface area (Å²) in [6, 6.07) is 24.9. The molecule has 6 heteroatoms. The van der Waals surface area contributed by atoms with Gasteiger partial charge in [-0.3, -0.25) is 10.1 Å². The van der Waals surface area contributed by atoms with Gasteiger partial charge in [-0.1, -0.05) is 44.2 Å². The van der Waals surface area contributed by atoms with Crippen molar-refractivity contribution in [2.75, 3.05) is 18.5 Å². The molecular weight excluding hydrogens is 432 g/mol. The molecule has 0 heterocycles. The topological polar surface area (TPSA) is 59.6 Å². The highest BCUT2D eigenvalue weighted by Crippen LogP contribution is 2.17. The minimum atomic E-state index is -0.277. The first-order valence-electron chi connectivity index (χ1n) is 11.1. The Bertz CT molecular complexity index is 1020. The zero-order valence-corrected chi connectivity index (χ0v) is 19.9. The summed E-state index contributed by atoms with van der Waals surface area (Å²) >= 11 is 5.27. The molecule has 2 N–H and O–H groups in total. The number of benzene rings is 3. The molecule has 0 saturated carbocycles. The van der Waals surface area contributed by atoms with E-state index in [1.165, 1.54) is 5.56 Å². The molecule has 0 spiro atoms. The Balaban J connectivity index is 1.40. The molecule has 3 aromatic carbocycles. The number of carbonyl (C=O) groups excluding carboxylic acids is 1. The van der Waals surface area contributed by atoms with E-state index in [4.69, 9.17) is 21.7 Å². The molecule has 0 fully saturated rings. The average Bonchev–Trinajstić information content (AvgIpc) is 2.82. The first-order valence-corrected chi connectivity index (χ1v) is 11.5. The predicted octanol–water partition coefficient (Wildman–Crippen LogP) is 5.86. The van der Waals surface area contributed by atoms with Gasteiger partial charge in [0.1, 0.15) is 11.5 Å². The highest BCUT2D eigenvalue weighted by Gasteiger charge is 2.09. The number of hydrogen-bond donors (Lipinski definition) is 2. The second kappa shape index (κ2) is 12.6. The Morgan fingerprint density at radius 2 is 1.52 bits per heavy atom. The Morgan fingerprint density at radius 1 is 0.879 bits per heavy atom. The monoisotopic (exact) mass is 462 g/mol. The number of nitrogens with one attached hydrogen (secondary N) is 2. The molecule has 0 saturated heterocycles. The number of amides is 1. The molecule has 0 atom stereocenters. The van der Waals surface area contributed by atoms with Gasteiger partial charge < -0.3 is 14.8 Å². The van der Waals surface area contributed by atoms with E-state index in [1.54, 1.807) is 24.3 Å².